The number of ketones is 1. The Bertz CT molecular complexity index is 946. The van der Waals surface area contributed by atoms with E-state index in [4.69, 9.17) is 9.84 Å². The third kappa shape index (κ3) is 4.19. The van der Waals surface area contributed by atoms with Gasteiger partial charge in [-0.25, -0.2) is 0 Å². The molecule has 0 bridgehead atoms. The van der Waals surface area contributed by atoms with E-state index >= 15 is 0 Å². The largest absolute Gasteiger partial charge is 0.872 e. The van der Waals surface area contributed by atoms with Crippen LogP contribution in [-0.2, 0) is 6.54 Å². The number of piperazine rings is 1. The van der Waals surface area contributed by atoms with Crippen LogP contribution < -0.4 is 14.7 Å². The maximum atomic E-state index is 12.8. The number of carbonyl (C=O) groups excluding carboxylic acids is 1. The molecular weight excluding hydrogens is 368 g/mol. The van der Waals surface area contributed by atoms with E-state index < -0.39 is 0 Å². The molecule has 0 radical (unpaired) electrons. The van der Waals surface area contributed by atoms with Gasteiger partial charge in [0, 0.05) is 25.2 Å². The molecule has 2 aromatic rings. The topological polar surface area (TPSA) is 77.3 Å². The molecule has 0 unspecified atom stereocenters. The highest BCUT2D eigenvalue weighted by molar-refractivity contribution is 6.14. The highest BCUT2D eigenvalue weighted by atomic mass is 16.5. The van der Waals surface area contributed by atoms with Crippen LogP contribution in [0, 0.1) is 6.92 Å². The predicted octanol–water partition coefficient (Wildman–Crippen LogP) is 0.378. The van der Waals surface area contributed by atoms with Crippen LogP contribution in [0.5, 0.6) is 11.5 Å². The predicted molar refractivity (Wildman–Crippen MR) is 108 cm³/mol. The first-order valence-electron chi connectivity index (χ1n) is 10.1. The fourth-order valence-corrected chi connectivity index (χ4v) is 4.03. The Labute approximate surface area is 170 Å². The fraction of sp³-hybridized carbons (Fsp3) is 0.348. The van der Waals surface area contributed by atoms with Gasteiger partial charge in [0.2, 0.25) is 5.78 Å². The van der Waals surface area contributed by atoms with Gasteiger partial charge in [-0.15, -0.1) is 0 Å². The van der Waals surface area contributed by atoms with Gasteiger partial charge in [-0.2, -0.15) is 0 Å². The average molecular weight is 394 g/mol. The van der Waals surface area contributed by atoms with E-state index in [-0.39, 0.29) is 23.9 Å². The Morgan fingerprint density at radius 1 is 1.24 bits per heavy atom. The molecule has 0 saturated carbocycles. The minimum Gasteiger partial charge on any atom is -0.872 e. The number of aliphatic hydroxyl groups excluding tert-OH is 1. The molecule has 2 aromatic carbocycles. The van der Waals surface area contributed by atoms with Gasteiger partial charge in [0.15, 0.2) is 5.76 Å². The maximum absolute atomic E-state index is 12.8. The molecule has 2 aliphatic heterocycles. The van der Waals surface area contributed by atoms with Crippen molar-refractivity contribution in [3.63, 3.8) is 0 Å². The van der Waals surface area contributed by atoms with Crippen LogP contribution in [0.15, 0.2) is 42.2 Å². The Kier molecular flexibility index (Phi) is 5.67. The lowest BCUT2D eigenvalue weighted by Gasteiger charge is -2.32. The highest BCUT2D eigenvalue weighted by Gasteiger charge is 2.31. The number of Topliss-reactive ketones (excluding diaryl/α,β-unsaturated/α-hetero) is 1. The lowest BCUT2D eigenvalue weighted by Crippen LogP contribution is -3.13. The van der Waals surface area contributed by atoms with Gasteiger partial charge in [-0.1, -0.05) is 41.6 Å². The molecule has 2 aliphatic rings. The molecule has 0 spiro atoms. The van der Waals surface area contributed by atoms with Crippen LogP contribution in [0.2, 0.25) is 0 Å². The first-order valence-corrected chi connectivity index (χ1v) is 10.1. The average Bonchev–Trinajstić information content (AvgIpc) is 3.01. The second-order valence-electron chi connectivity index (χ2n) is 7.76. The zero-order valence-corrected chi connectivity index (χ0v) is 16.6. The zero-order valence-electron chi connectivity index (χ0n) is 16.6. The summed E-state index contributed by atoms with van der Waals surface area (Å²) in [5, 5.41) is 21.7. The minimum atomic E-state index is -0.175. The van der Waals surface area contributed by atoms with Crippen molar-refractivity contribution in [2.45, 2.75) is 13.5 Å². The summed E-state index contributed by atoms with van der Waals surface area (Å²) < 4.78 is 5.93. The van der Waals surface area contributed by atoms with Crippen molar-refractivity contribution >= 4 is 11.9 Å². The molecule has 152 valence electrons. The summed E-state index contributed by atoms with van der Waals surface area (Å²) >= 11 is 0. The van der Waals surface area contributed by atoms with E-state index in [1.807, 2.05) is 31.2 Å². The van der Waals surface area contributed by atoms with E-state index in [1.165, 1.54) is 11.0 Å². The quantitative estimate of drug-likeness (QED) is 0.717. The number of hydrogen-bond donors (Lipinski definition) is 2. The van der Waals surface area contributed by atoms with Crippen LogP contribution in [-0.4, -0.2) is 55.1 Å². The number of ether oxygens (including phenoxy) is 1. The number of quaternary nitrogens is 1. The first kappa shape index (κ1) is 19.6. The van der Waals surface area contributed by atoms with E-state index in [1.54, 1.807) is 12.1 Å². The Morgan fingerprint density at radius 3 is 2.76 bits per heavy atom. The van der Waals surface area contributed by atoms with Crippen LogP contribution in [0.4, 0.5) is 0 Å². The number of nitrogens with zero attached hydrogens (tertiary/aromatic N) is 1. The van der Waals surface area contributed by atoms with Crippen molar-refractivity contribution in [3.8, 4) is 11.5 Å². The van der Waals surface area contributed by atoms with E-state index in [0.717, 1.165) is 37.3 Å². The number of β-amino-alcohol motifs (C(OH)–C–C–N with tert-alkyl or cyclic N) is 1. The van der Waals surface area contributed by atoms with E-state index in [0.29, 0.717) is 30.0 Å². The van der Waals surface area contributed by atoms with Crippen LogP contribution in [0.3, 0.4) is 0 Å². The summed E-state index contributed by atoms with van der Waals surface area (Å²) in [6.45, 7) is 6.95. The second-order valence-corrected chi connectivity index (χ2v) is 7.76. The summed E-state index contributed by atoms with van der Waals surface area (Å²) in [5.41, 5.74) is 3.05. The number of aryl methyl sites for hydroxylation is 1. The van der Waals surface area contributed by atoms with Gasteiger partial charge >= 0.3 is 0 Å². The summed E-state index contributed by atoms with van der Waals surface area (Å²) in [6.07, 6.45) is 1.74. The standard InChI is InChI=1S/C23H26N2O4/c1-16-3-2-4-17(13-16)14-21-22(28)18-5-6-20(27)19(23(18)29-21)15-25-9-7-24(8-10-25)11-12-26/h2-6,13-14,26-27H,7-12,15H2,1H3/b21-14-. The zero-order chi connectivity index (χ0) is 20.4. The number of aliphatic hydroxyl groups is 1. The lowest BCUT2D eigenvalue weighted by molar-refractivity contribution is -0.918. The van der Waals surface area contributed by atoms with Gasteiger partial charge in [0.05, 0.1) is 25.3 Å². The molecule has 0 aromatic heterocycles. The van der Waals surface area contributed by atoms with Gasteiger partial charge in [-0.3, -0.25) is 9.69 Å². The molecule has 2 heterocycles. The Balaban J connectivity index is 1.55. The molecule has 0 amide bonds. The van der Waals surface area contributed by atoms with Crippen molar-refractivity contribution in [2.24, 2.45) is 0 Å². The monoisotopic (exact) mass is 394 g/mol. The summed E-state index contributed by atoms with van der Waals surface area (Å²) in [7, 11) is 0. The molecule has 2 N–H and O–H groups in total. The van der Waals surface area contributed by atoms with Crippen molar-refractivity contribution in [1.82, 2.24) is 4.90 Å². The smallest absolute Gasteiger partial charge is 0.231 e. The molecule has 6 nitrogen and oxygen atoms in total. The fourth-order valence-electron chi connectivity index (χ4n) is 4.03. The third-order valence-electron chi connectivity index (χ3n) is 5.64. The van der Waals surface area contributed by atoms with Crippen molar-refractivity contribution in [1.29, 1.82) is 0 Å². The number of allylic oxidation sites excluding steroid dienone is 1. The molecular formula is C23H26N2O4. The van der Waals surface area contributed by atoms with Gasteiger partial charge < -0.3 is 19.8 Å². The number of fused-ring (bicyclic) bond motifs is 1. The molecule has 4 rings (SSSR count). The van der Waals surface area contributed by atoms with E-state index in [2.05, 4.69) is 4.90 Å². The molecule has 0 atom stereocenters. The number of nitrogens with one attached hydrogen (secondary N) is 1. The van der Waals surface area contributed by atoms with Gasteiger partial charge in [-0.05, 0) is 24.6 Å². The SMILES string of the molecule is Cc1cccc(/C=C2\Oc3c(ccc([O-])c3C[NH+]3CCN(CCO)CC3)C2=O)c1. The molecule has 6 heteroatoms. The van der Waals surface area contributed by atoms with Crippen LogP contribution in [0.25, 0.3) is 6.08 Å². The van der Waals surface area contributed by atoms with Gasteiger partial charge in [0.25, 0.3) is 0 Å². The van der Waals surface area contributed by atoms with Crippen molar-refractivity contribution < 1.29 is 24.6 Å². The summed E-state index contributed by atoms with van der Waals surface area (Å²) in [5.74, 6) is 0.427. The summed E-state index contributed by atoms with van der Waals surface area (Å²) in [6, 6.07) is 10.9. The molecule has 0 aliphatic carbocycles. The molecule has 1 saturated heterocycles. The number of hydrogen-bond acceptors (Lipinski definition) is 5. The number of rotatable bonds is 5. The molecule has 29 heavy (non-hydrogen) atoms. The minimum absolute atomic E-state index is 0.0846. The lowest BCUT2D eigenvalue weighted by atomic mass is 10.0. The first-order chi connectivity index (χ1) is 14.0. The number of carbonyl (C=O) groups is 1. The molecule has 1 fully saturated rings. The number of benzene rings is 2. The normalized spacial score (nSPS) is 18.8. The van der Waals surface area contributed by atoms with E-state index in [9.17, 15) is 9.90 Å². The maximum Gasteiger partial charge on any atom is 0.231 e. The summed E-state index contributed by atoms with van der Waals surface area (Å²) in [4.78, 5) is 16.3. The highest BCUT2D eigenvalue weighted by Crippen LogP contribution is 2.38. The van der Waals surface area contributed by atoms with Crippen molar-refractivity contribution in [3.05, 3.63) is 64.4 Å². The Morgan fingerprint density at radius 2 is 2.03 bits per heavy atom. The van der Waals surface area contributed by atoms with Crippen LogP contribution in [0.1, 0.15) is 27.0 Å². The third-order valence-corrected chi connectivity index (χ3v) is 5.64. The second kappa shape index (κ2) is 8.37. The Hall–Kier alpha value is -2.67. The van der Waals surface area contributed by atoms with Crippen LogP contribution >= 0.6 is 0 Å². The van der Waals surface area contributed by atoms with Gasteiger partial charge in [0.1, 0.15) is 12.3 Å². The van der Waals surface area contributed by atoms with Crippen molar-refractivity contribution in [2.75, 3.05) is 39.3 Å².